The van der Waals surface area contributed by atoms with Gasteiger partial charge >= 0.3 is 5.97 Å². The Balaban J connectivity index is 3.16. The molecule has 156 valence electrons. The van der Waals surface area contributed by atoms with Gasteiger partial charge in [0.15, 0.2) is 0 Å². The van der Waals surface area contributed by atoms with Crippen molar-refractivity contribution in [2.75, 3.05) is 0 Å². The molecule has 2 atom stereocenters. The summed E-state index contributed by atoms with van der Waals surface area (Å²) >= 11 is 0. The monoisotopic (exact) mass is 368 g/mol. The first kappa shape index (κ1) is 25.5. The molecule has 0 radical (unpaired) electrons. The zero-order chi connectivity index (χ0) is 19.5. The van der Waals surface area contributed by atoms with Gasteiger partial charge in [-0.2, -0.15) is 0 Å². The maximum atomic E-state index is 10.9. The fourth-order valence-electron chi connectivity index (χ4n) is 3.86. The van der Waals surface area contributed by atoms with Gasteiger partial charge in [-0.05, 0) is 12.3 Å². The van der Waals surface area contributed by atoms with Gasteiger partial charge in [-0.3, -0.25) is 4.79 Å². The molecule has 26 heavy (non-hydrogen) atoms. The summed E-state index contributed by atoms with van der Waals surface area (Å²) in [6, 6.07) is 0. The van der Waals surface area contributed by atoms with Crippen LogP contribution in [0.1, 0.15) is 136 Å². The van der Waals surface area contributed by atoms with Crippen LogP contribution in [-0.2, 0) is 4.79 Å². The van der Waals surface area contributed by atoms with Crippen LogP contribution < -0.4 is 0 Å². The third-order valence-corrected chi connectivity index (χ3v) is 5.73. The molecule has 0 unspecified atom stereocenters. The number of hydrogen-bond donors (Lipinski definition) is 1. The van der Waals surface area contributed by atoms with E-state index in [4.69, 9.17) is 5.11 Å². The summed E-state index contributed by atoms with van der Waals surface area (Å²) < 4.78 is 0. The predicted octanol–water partition coefficient (Wildman–Crippen LogP) is 8.38. The van der Waals surface area contributed by atoms with E-state index < -0.39 is 5.97 Å². The summed E-state index contributed by atoms with van der Waals surface area (Å²) in [6.07, 6.45) is 24.5. The van der Waals surface area contributed by atoms with Crippen molar-refractivity contribution in [3.05, 3.63) is 0 Å². The first-order valence-electron chi connectivity index (χ1n) is 11.8. The molecule has 0 saturated carbocycles. The molecule has 0 aromatic carbocycles. The normalized spacial score (nSPS) is 13.7. The molecule has 0 aromatic heterocycles. The van der Waals surface area contributed by atoms with Crippen molar-refractivity contribution in [2.24, 2.45) is 11.8 Å². The number of rotatable bonds is 20. The first-order chi connectivity index (χ1) is 12.6. The molecule has 0 aliphatic rings. The second-order valence-electron chi connectivity index (χ2n) is 8.67. The van der Waals surface area contributed by atoms with E-state index in [9.17, 15) is 4.79 Å². The molecule has 0 fully saturated rings. The molecule has 0 spiro atoms. The van der Waals surface area contributed by atoms with Crippen LogP contribution in [0.25, 0.3) is 0 Å². The van der Waals surface area contributed by atoms with Gasteiger partial charge < -0.3 is 5.11 Å². The highest BCUT2D eigenvalue weighted by molar-refractivity contribution is 5.69. The molecule has 0 saturated heterocycles. The number of unbranched alkanes of at least 4 members (excludes halogenated alkanes) is 15. The molecule has 0 aromatic rings. The van der Waals surface area contributed by atoms with Gasteiger partial charge in [-0.1, -0.05) is 130 Å². The van der Waals surface area contributed by atoms with Crippen molar-refractivity contribution < 1.29 is 9.90 Å². The quantitative estimate of drug-likeness (QED) is 0.219. The average molecular weight is 369 g/mol. The van der Waals surface area contributed by atoms with Crippen molar-refractivity contribution in [3.8, 4) is 0 Å². The summed E-state index contributed by atoms with van der Waals surface area (Å²) in [6.45, 7) is 6.31. The highest BCUT2D eigenvalue weighted by Crippen LogP contribution is 2.19. The van der Waals surface area contributed by atoms with Crippen molar-refractivity contribution in [1.82, 2.24) is 0 Å². The Hall–Kier alpha value is -0.530. The van der Waals surface area contributed by atoms with Crippen LogP contribution in [0.2, 0.25) is 0 Å². The van der Waals surface area contributed by atoms with Crippen LogP contribution >= 0.6 is 0 Å². The summed E-state index contributed by atoms with van der Waals surface area (Å²) in [4.78, 5) is 10.9. The number of carboxylic acid groups (broad SMARTS) is 1. The van der Waals surface area contributed by atoms with Crippen LogP contribution in [0.15, 0.2) is 0 Å². The lowest BCUT2D eigenvalue weighted by atomic mass is 9.92. The molecule has 0 aliphatic carbocycles. The van der Waals surface area contributed by atoms with E-state index in [1.807, 2.05) is 6.92 Å². The molecule has 0 heterocycles. The minimum atomic E-state index is -0.649. The predicted molar refractivity (Wildman–Crippen MR) is 115 cm³/mol. The van der Waals surface area contributed by atoms with E-state index in [-0.39, 0.29) is 5.92 Å². The molecule has 0 bridgehead atoms. The molecule has 2 nitrogen and oxygen atoms in total. The van der Waals surface area contributed by atoms with Gasteiger partial charge in [-0.15, -0.1) is 0 Å². The van der Waals surface area contributed by atoms with Gasteiger partial charge in [0.2, 0.25) is 0 Å². The second kappa shape index (κ2) is 19.2. The lowest BCUT2D eigenvalue weighted by Crippen LogP contribution is -2.13. The van der Waals surface area contributed by atoms with E-state index in [2.05, 4.69) is 13.8 Å². The minimum Gasteiger partial charge on any atom is -0.481 e. The van der Waals surface area contributed by atoms with E-state index in [0.717, 1.165) is 6.42 Å². The largest absolute Gasteiger partial charge is 0.481 e. The van der Waals surface area contributed by atoms with Gasteiger partial charge in [-0.25, -0.2) is 0 Å². The molecule has 0 aliphatic heterocycles. The number of carboxylic acids is 1. The van der Waals surface area contributed by atoms with Gasteiger partial charge in [0.05, 0.1) is 5.92 Å². The van der Waals surface area contributed by atoms with E-state index in [1.54, 1.807) is 0 Å². The molecule has 1 N–H and O–H groups in total. The van der Waals surface area contributed by atoms with Crippen LogP contribution in [0.3, 0.4) is 0 Å². The third-order valence-electron chi connectivity index (χ3n) is 5.73. The van der Waals surface area contributed by atoms with E-state index >= 15 is 0 Å². The summed E-state index contributed by atoms with van der Waals surface area (Å²) in [5, 5.41) is 8.94. The van der Waals surface area contributed by atoms with Crippen LogP contribution in [0, 0.1) is 11.8 Å². The lowest BCUT2D eigenvalue weighted by Gasteiger charge is -2.13. The number of carbonyl (C=O) groups is 1. The zero-order valence-electron chi connectivity index (χ0n) is 18.2. The van der Waals surface area contributed by atoms with Gasteiger partial charge in [0.1, 0.15) is 0 Å². The Morgan fingerprint density at radius 1 is 0.654 bits per heavy atom. The summed E-state index contributed by atoms with van der Waals surface area (Å²) in [7, 11) is 0. The molecule has 2 heteroatoms. The second-order valence-corrected chi connectivity index (χ2v) is 8.67. The standard InChI is InChI=1S/C24H48O2/c1-4-5-6-7-8-9-10-11-12-13-14-15-16-17-18-19-20-22(2)21-23(3)24(25)26/h22-23H,4-21H2,1-3H3,(H,25,26)/t22-,23+/m0/s1. The summed E-state index contributed by atoms with van der Waals surface area (Å²) in [5.74, 6) is -0.289. The highest BCUT2D eigenvalue weighted by atomic mass is 16.4. The topological polar surface area (TPSA) is 37.3 Å². The van der Waals surface area contributed by atoms with E-state index in [1.165, 1.54) is 109 Å². The maximum absolute atomic E-state index is 10.9. The molecule has 0 rings (SSSR count). The number of aliphatic carboxylic acids is 1. The Morgan fingerprint density at radius 3 is 1.35 bits per heavy atom. The lowest BCUT2D eigenvalue weighted by molar-refractivity contribution is -0.141. The fraction of sp³-hybridized carbons (Fsp3) is 0.958. The summed E-state index contributed by atoms with van der Waals surface area (Å²) in [5.41, 5.74) is 0. The van der Waals surface area contributed by atoms with Crippen molar-refractivity contribution in [1.29, 1.82) is 0 Å². The Bertz CT molecular complexity index is 301. The fourth-order valence-corrected chi connectivity index (χ4v) is 3.86. The highest BCUT2D eigenvalue weighted by Gasteiger charge is 2.14. The van der Waals surface area contributed by atoms with Crippen LogP contribution in [0.4, 0.5) is 0 Å². The Morgan fingerprint density at radius 2 is 1.00 bits per heavy atom. The molecule has 0 amide bonds. The van der Waals surface area contributed by atoms with Crippen molar-refractivity contribution in [2.45, 2.75) is 136 Å². The van der Waals surface area contributed by atoms with Crippen LogP contribution in [-0.4, -0.2) is 11.1 Å². The minimum absolute atomic E-state index is 0.189. The first-order valence-corrected chi connectivity index (χ1v) is 11.8. The Kier molecular flexibility index (Phi) is 18.8. The number of hydrogen-bond acceptors (Lipinski definition) is 1. The molecular formula is C24H48O2. The maximum Gasteiger partial charge on any atom is 0.306 e. The van der Waals surface area contributed by atoms with Gasteiger partial charge in [0, 0.05) is 0 Å². The average Bonchev–Trinajstić information content (AvgIpc) is 2.61. The third kappa shape index (κ3) is 18.3. The van der Waals surface area contributed by atoms with E-state index in [0.29, 0.717) is 5.92 Å². The van der Waals surface area contributed by atoms with Crippen LogP contribution in [0.5, 0.6) is 0 Å². The SMILES string of the molecule is CCCCCCCCCCCCCCCCCC[C@H](C)C[C@@H](C)C(=O)O. The zero-order valence-corrected chi connectivity index (χ0v) is 18.2. The van der Waals surface area contributed by atoms with Crippen molar-refractivity contribution >= 4 is 5.97 Å². The van der Waals surface area contributed by atoms with Crippen molar-refractivity contribution in [3.63, 3.8) is 0 Å². The molecular weight excluding hydrogens is 320 g/mol. The Labute approximate surface area is 164 Å². The smallest absolute Gasteiger partial charge is 0.306 e. The van der Waals surface area contributed by atoms with Gasteiger partial charge in [0.25, 0.3) is 0 Å².